The highest BCUT2D eigenvalue weighted by atomic mass is 35.5. The SMILES string of the molecule is Cl.Cl.Cl.Cl.NCC(N)CCc1cccc(F)c1. The van der Waals surface area contributed by atoms with Gasteiger partial charge >= 0.3 is 0 Å². The Balaban J connectivity index is -0.000000211. The quantitative estimate of drug-likeness (QED) is 0.893. The molecule has 0 aliphatic rings. The van der Waals surface area contributed by atoms with Crippen LogP contribution in [0, 0.1) is 5.82 Å². The van der Waals surface area contributed by atoms with Gasteiger partial charge in [0.25, 0.3) is 0 Å². The molecule has 104 valence electrons. The van der Waals surface area contributed by atoms with Gasteiger partial charge in [-0.2, -0.15) is 0 Å². The van der Waals surface area contributed by atoms with Gasteiger partial charge in [-0.3, -0.25) is 0 Å². The van der Waals surface area contributed by atoms with Gasteiger partial charge < -0.3 is 11.5 Å². The third kappa shape index (κ3) is 11.1. The predicted molar refractivity (Wildman–Crippen MR) is 80.7 cm³/mol. The van der Waals surface area contributed by atoms with E-state index in [-0.39, 0.29) is 61.5 Å². The molecule has 0 spiro atoms. The van der Waals surface area contributed by atoms with Crippen LogP contribution in [0.5, 0.6) is 0 Å². The summed E-state index contributed by atoms with van der Waals surface area (Å²) in [6.07, 6.45) is 1.59. The molecular weight excluding hydrogens is 309 g/mol. The standard InChI is InChI=1S/C10H15FN2.4ClH/c11-9-3-1-2-8(6-9)4-5-10(13)7-12;;;;/h1-3,6,10H,4-5,7,12-13H2;4*1H. The summed E-state index contributed by atoms with van der Waals surface area (Å²) >= 11 is 0. The van der Waals surface area contributed by atoms with Crippen LogP contribution in [0.25, 0.3) is 0 Å². The van der Waals surface area contributed by atoms with Crippen LogP contribution in [-0.2, 0) is 6.42 Å². The lowest BCUT2D eigenvalue weighted by atomic mass is 10.1. The average molecular weight is 328 g/mol. The Bertz CT molecular complexity index is 276. The van der Waals surface area contributed by atoms with Crippen molar-refractivity contribution in [1.29, 1.82) is 0 Å². The normalized spacial score (nSPS) is 9.82. The molecule has 1 atom stereocenters. The number of benzene rings is 1. The van der Waals surface area contributed by atoms with Crippen molar-refractivity contribution in [2.75, 3.05) is 6.54 Å². The van der Waals surface area contributed by atoms with Crippen LogP contribution in [0.1, 0.15) is 12.0 Å². The van der Waals surface area contributed by atoms with E-state index >= 15 is 0 Å². The number of hydrogen-bond donors (Lipinski definition) is 2. The summed E-state index contributed by atoms with van der Waals surface area (Å²) < 4.78 is 12.7. The first-order chi connectivity index (χ1) is 6.22. The van der Waals surface area contributed by atoms with Crippen molar-refractivity contribution in [2.24, 2.45) is 11.5 Å². The Morgan fingerprint density at radius 1 is 1.12 bits per heavy atom. The van der Waals surface area contributed by atoms with Gasteiger partial charge in [-0.1, -0.05) is 12.1 Å². The van der Waals surface area contributed by atoms with Crippen LogP contribution in [0.2, 0.25) is 0 Å². The van der Waals surface area contributed by atoms with Crippen LogP contribution in [0.15, 0.2) is 24.3 Å². The minimum absolute atomic E-state index is 0. The fraction of sp³-hybridized carbons (Fsp3) is 0.400. The molecule has 1 aromatic carbocycles. The number of hydrogen-bond acceptors (Lipinski definition) is 2. The fourth-order valence-corrected chi connectivity index (χ4v) is 1.16. The Morgan fingerprint density at radius 3 is 2.18 bits per heavy atom. The maximum atomic E-state index is 12.7. The molecule has 7 heteroatoms. The van der Waals surface area contributed by atoms with Gasteiger partial charge in [0.2, 0.25) is 0 Å². The van der Waals surface area contributed by atoms with E-state index in [1.54, 1.807) is 6.07 Å². The monoisotopic (exact) mass is 326 g/mol. The van der Waals surface area contributed by atoms with Gasteiger partial charge in [-0.15, -0.1) is 49.6 Å². The van der Waals surface area contributed by atoms with E-state index in [0.717, 1.165) is 18.4 Å². The minimum Gasteiger partial charge on any atom is -0.329 e. The Hall–Kier alpha value is 0.230. The lowest BCUT2D eigenvalue weighted by molar-refractivity contribution is 0.609. The predicted octanol–water partition coefficient (Wildman–Crippen LogP) is 2.73. The summed E-state index contributed by atoms with van der Waals surface area (Å²) in [5.74, 6) is -0.196. The molecule has 0 radical (unpaired) electrons. The second-order valence-electron chi connectivity index (χ2n) is 3.16. The van der Waals surface area contributed by atoms with E-state index in [1.165, 1.54) is 12.1 Å². The van der Waals surface area contributed by atoms with Gasteiger partial charge in [-0.25, -0.2) is 4.39 Å². The summed E-state index contributed by atoms with van der Waals surface area (Å²) in [6, 6.07) is 6.59. The van der Waals surface area contributed by atoms with E-state index in [9.17, 15) is 4.39 Å². The van der Waals surface area contributed by atoms with Crippen molar-refractivity contribution in [1.82, 2.24) is 0 Å². The highest BCUT2D eigenvalue weighted by molar-refractivity contribution is 5.86. The molecule has 1 unspecified atom stereocenters. The largest absolute Gasteiger partial charge is 0.329 e. The Kier molecular flexibility index (Phi) is 21.8. The van der Waals surface area contributed by atoms with Crippen molar-refractivity contribution < 1.29 is 4.39 Å². The lowest BCUT2D eigenvalue weighted by Crippen LogP contribution is -2.29. The first-order valence-corrected chi connectivity index (χ1v) is 4.42. The van der Waals surface area contributed by atoms with E-state index in [0.29, 0.717) is 6.54 Å². The van der Waals surface area contributed by atoms with Gasteiger partial charge in [0.05, 0.1) is 0 Å². The van der Waals surface area contributed by atoms with Gasteiger partial charge in [0.1, 0.15) is 5.82 Å². The van der Waals surface area contributed by atoms with Crippen molar-refractivity contribution in [3.8, 4) is 0 Å². The van der Waals surface area contributed by atoms with Crippen LogP contribution in [-0.4, -0.2) is 12.6 Å². The fourth-order valence-electron chi connectivity index (χ4n) is 1.16. The highest BCUT2D eigenvalue weighted by Crippen LogP contribution is 2.06. The maximum absolute atomic E-state index is 12.7. The van der Waals surface area contributed by atoms with Gasteiger partial charge in [0.15, 0.2) is 0 Å². The topological polar surface area (TPSA) is 52.0 Å². The molecule has 0 aromatic heterocycles. The Labute approximate surface area is 126 Å². The highest BCUT2D eigenvalue weighted by Gasteiger charge is 2.00. The third-order valence-corrected chi connectivity index (χ3v) is 2.00. The Morgan fingerprint density at radius 2 is 1.71 bits per heavy atom. The zero-order chi connectivity index (χ0) is 9.68. The smallest absolute Gasteiger partial charge is 0.123 e. The molecule has 0 saturated heterocycles. The third-order valence-electron chi connectivity index (χ3n) is 2.00. The maximum Gasteiger partial charge on any atom is 0.123 e. The van der Waals surface area contributed by atoms with Crippen molar-refractivity contribution in [2.45, 2.75) is 18.9 Å². The summed E-state index contributed by atoms with van der Waals surface area (Å²) in [5.41, 5.74) is 12.0. The summed E-state index contributed by atoms with van der Waals surface area (Å²) in [6.45, 7) is 0.481. The first kappa shape index (κ1) is 25.9. The molecular formula is C10H19Cl4FN2. The van der Waals surface area contributed by atoms with E-state index in [1.807, 2.05) is 6.07 Å². The molecule has 17 heavy (non-hydrogen) atoms. The summed E-state index contributed by atoms with van der Waals surface area (Å²) in [5, 5.41) is 0. The molecule has 0 aliphatic carbocycles. The molecule has 0 saturated carbocycles. The molecule has 4 N–H and O–H groups in total. The molecule has 1 aromatic rings. The van der Waals surface area contributed by atoms with Crippen molar-refractivity contribution >= 4 is 49.6 Å². The van der Waals surface area contributed by atoms with E-state index in [2.05, 4.69) is 0 Å². The molecule has 0 fully saturated rings. The van der Waals surface area contributed by atoms with Crippen molar-refractivity contribution in [3.05, 3.63) is 35.6 Å². The average Bonchev–Trinajstić information content (AvgIpc) is 2.14. The molecule has 0 aliphatic heterocycles. The van der Waals surface area contributed by atoms with Crippen LogP contribution in [0.4, 0.5) is 4.39 Å². The van der Waals surface area contributed by atoms with Crippen LogP contribution >= 0.6 is 49.6 Å². The zero-order valence-corrected chi connectivity index (χ0v) is 12.4. The van der Waals surface area contributed by atoms with Crippen LogP contribution < -0.4 is 11.5 Å². The molecule has 2 nitrogen and oxygen atoms in total. The second kappa shape index (κ2) is 14.3. The van der Waals surface area contributed by atoms with Gasteiger partial charge in [0, 0.05) is 12.6 Å². The molecule has 0 heterocycles. The molecule has 0 amide bonds. The first-order valence-electron chi connectivity index (χ1n) is 4.42. The lowest BCUT2D eigenvalue weighted by Gasteiger charge is -2.07. The summed E-state index contributed by atoms with van der Waals surface area (Å²) in [7, 11) is 0. The molecule has 1 rings (SSSR count). The summed E-state index contributed by atoms with van der Waals surface area (Å²) in [4.78, 5) is 0. The van der Waals surface area contributed by atoms with Crippen molar-refractivity contribution in [3.63, 3.8) is 0 Å². The van der Waals surface area contributed by atoms with E-state index in [4.69, 9.17) is 11.5 Å². The van der Waals surface area contributed by atoms with E-state index < -0.39 is 0 Å². The minimum atomic E-state index is -0.196. The number of halogens is 5. The number of nitrogens with two attached hydrogens (primary N) is 2. The second-order valence-corrected chi connectivity index (χ2v) is 3.16. The van der Waals surface area contributed by atoms with Gasteiger partial charge in [-0.05, 0) is 30.5 Å². The zero-order valence-electron chi connectivity index (χ0n) is 9.17. The number of aryl methyl sites for hydroxylation is 1. The number of rotatable bonds is 4. The van der Waals surface area contributed by atoms with Crippen LogP contribution in [0.3, 0.4) is 0 Å². The molecule has 0 bridgehead atoms.